The Kier molecular flexibility index (Phi) is 5.07. The minimum absolute atomic E-state index is 0.267. The van der Waals surface area contributed by atoms with E-state index in [1.54, 1.807) is 44.2 Å². The lowest BCUT2D eigenvalue weighted by Gasteiger charge is -2.28. The van der Waals surface area contributed by atoms with Gasteiger partial charge in [0, 0.05) is 0 Å². The van der Waals surface area contributed by atoms with Crippen molar-refractivity contribution in [1.82, 2.24) is 4.90 Å². The van der Waals surface area contributed by atoms with Crippen molar-refractivity contribution in [3.05, 3.63) is 63.7 Å². The van der Waals surface area contributed by atoms with E-state index in [4.69, 9.17) is 11.6 Å². The zero-order chi connectivity index (χ0) is 19.9. The van der Waals surface area contributed by atoms with E-state index < -0.39 is 23.8 Å². The van der Waals surface area contributed by atoms with E-state index in [9.17, 15) is 14.4 Å². The number of anilines is 1. The van der Waals surface area contributed by atoms with Gasteiger partial charge < -0.3 is 5.32 Å². The second-order valence-electron chi connectivity index (χ2n) is 7.14. The van der Waals surface area contributed by atoms with Gasteiger partial charge in [0.05, 0.1) is 21.8 Å². The second kappa shape index (κ2) is 7.16. The molecule has 0 unspecified atom stereocenters. The lowest BCUT2D eigenvalue weighted by molar-refractivity contribution is -0.121. The van der Waals surface area contributed by atoms with Crippen LogP contribution in [0.2, 0.25) is 5.02 Å². The minimum atomic E-state index is -0.936. The standard InChI is InChI=1S/C21H21ClN2O3/c1-11(2)18(19(25)23-17-13(4)9-12(3)10-16(17)22)24-20(26)14-7-5-6-8-15(14)21(24)27/h5-11,18H,1-4H3,(H,23,25)/t18-/m1/s1. The molecule has 3 amide bonds. The Morgan fingerprint density at radius 3 is 2.07 bits per heavy atom. The number of halogens is 1. The van der Waals surface area contributed by atoms with Crippen molar-refractivity contribution in [2.45, 2.75) is 33.7 Å². The topological polar surface area (TPSA) is 66.5 Å². The maximum Gasteiger partial charge on any atom is 0.262 e. The summed E-state index contributed by atoms with van der Waals surface area (Å²) in [6, 6.07) is 9.34. The first-order valence-electron chi connectivity index (χ1n) is 8.77. The molecule has 1 N–H and O–H groups in total. The zero-order valence-electron chi connectivity index (χ0n) is 15.7. The third kappa shape index (κ3) is 3.35. The summed E-state index contributed by atoms with van der Waals surface area (Å²) < 4.78 is 0. The number of nitrogens with one attached hydrogen (secondary N) is 1. The number of nitrogens with zero attached hydrogens (tertiary/aromatic N) is 1. The largest absolute Gasteiger partial charge is 0.323 e. The third-order valence-electron chi connectivity index (χ3n) is 4.68. The normalized spacial score (nSPS) is 14.5. The van der Waals surface area contributed by atoms with Crippen molar-refractivity contribution >= 4 is 35.0 Å². The monoisotopic (exact) mass is 384 g/mol. The number of hydrogen-bond donors (Lipinski definition) is 1. The summed E-state index contributed by atoms with van der Waals surface area (Å²) >= 11 is 6.29. The van der Waals surface area contributed by atoms with Gasteiger partial charge in [0.15, 0.2) is 0 Å². The van der Waals surface area contributed by atoms with Crippen molar-refractivity contribution in [2.24, 2.45) is 5.92 Å². The van der Waals surface area contributed by atoms with Crippen LogP contribution < -0.4 is 5.32 Å². The average Bonchev–Trinajstić information content (AvgIpc) is 2.84. The molecule has 0 bridgehead atoms. The fourth-order valence-electron chi connectivity index (χ4n) is 3.45. The Hall–Kier alpha value is -2.66. The number of imide groups is 1. The molecule has 0 aromatic heterocycles. The highest BCUT2D eigenvalue weighted by Crippen LogP contribution is 2.30. The summed E-state index contributed by atoms with van der Waals surface area (Å²) in [6.45, 7) is 7.37. The molecule has 2 aromatic carbocycles. The van der Waals surface area contributed by atoms with Gasteiger partial charge in [-0.15, -0.1) is 0 Å². The molecule has 0 spiro atoms. The molecule has 27 heavy (non-hydrogen) atoms. The maximum absolute atomic E-state index is 13.1. The quantitative estimate of drug-likeness (QED) is 0.802. The smallest absolute Gasteiger partial charge is 0.262 e. The molecular weight excluding hydrogens is 364 g/mol. The van der Waals surface area contributed by atoms with Crippen LogP contribution in [-0.4, -0.2) is 28.7 Å². The summed E-state index contributed by atoms with van der Waals surface area (Å²) in [7, 11) is 0. The van der Waals surface area contributed by atoms with Crippen LogP contribution in [0.3, 0.4) is 0 Å². The molecule has 0 saturated carbocycles. The first-order valence-corrected chi connectivity index (χ1v) is 9.14. The highest BCUT2D eigenvalue weighted by Gasteiger charge is 2.44. The first kappa shape index (κ1) is 19.1. The number of carbonyl (C=O) groups is 3. The Morgan fingerprint density at radius 1 is 1.04 bits per heavy atom. The molecule has 0 radical (unpaired) electrons. The van der Waals surface area contributed by atoms with Crippen LogP contribution in [-0.2, 0) is 4.79 Å². The van der Waals surface area contributed by atoms with Crippen molar-refractivity contribution in [1.29, 1.82) is 0 Å². The van der Waals surface area contributed by atoms with Crippen LogP contribution in [0.1, 0.15) is 45.7 Å². The number of fused-ring (bicyclic) bond motifs is 1. The van der Waals surface area contributed by atoms with Gasteiger partial charge in [-0.1, -0.05) is 43.6 Å². The molecule has 140 valence electrons. The summed E-state index contributed by atoms with van der Waals surface area (Å²) in [5.41, 5.74) is 2.94. The molecule has 5 nitrogen and oxygen atoms in total. The van der Waals surface area contributed by atoms with Crippen molar-refractivity contribution in [3.8, 4) is 0 Å². The van der Waals surface area contributed by atoms with Crippen molar-refractivity contribution in [3.63, 3.8) is 0 Å². The van der Waals surface area contributed by atoms with Gasteiger partial charge in [0.1, 0.15) is 6.04 Å². The Morgan fingerprint density at radius 2 is 1.59 bits per heavy atom. The van der Waals surface area contributed by atoms with Gasteiger partial charge >= 0.3 is 0 Å². The molecule has 1 heterocycles. The lowest BCUT2D eigenvalue weighted by atomic mass is 10.0. The maximum atomic E-state index is 13.1. The molecule has 1 aliphatic heterocycles. The SMILES string of the molecule is Cc1cc(C)c(NC(=O)[C@@H](C(C)C)N2C(=O)c3ccccc3C2=O)c(Cl)c1. The average molecular weight is 385 g/mol. The second-order valence-corrected chi connectivity index (χ2v) is 7.55. The number of rotatable bonds is 4. The van der Waals surface area contributed by atoms with Gasteiger partial charge in [-0.25, -0.2) is 0 Å². The lowest BCUT2D eigenvalue weighted by Crippen LogP contribution is -2.50. The van der Waals surface area contributed by atoms with Gasteiger partial charge in [-0.3, -0.25) is 19.3 Å². The Bertz CT molecular complexity index is 894. The molecular formula is C21H21ClN2O3. The molecule has 0 aliphatic carbocycles. The fourth-order valence-corrected chi connectivity index (χ4v) is 3.82. The van der Waals surface area contributed by atoms with Crippen LogP contribution in [0.25, 0.3) is 0 Å². The zero-order valence-corrected chi connectivity index (χ0v) is 16.4. The highest BCUT2D eigenvalue weighted by molar-refractivity contribution is 6.34. The summed E-state index contributed by atoms with van der Waals surface area (Å²) in [6.07, 6.45) is 0. The summed E-state index contributed by atoms with van der Waals surface area (Å²) in [5.74, 6) is -1.60. The van der Waals surface area contributed by atoms with E-state index >= 15 is 0 Å². The first-order chi connectivity index (χ1) is 12.7. The molecule has 0 saturated heterocycles. The van der Waals surface area contributed by atoms with E-state index in [2.05, 4.69) is 5.32 Å². The third-order valence-corrected chi connectivity index (χ3v) is 4.98. The van der Waals surface area contributed by atoms with E-state index in [1.807, 2.05) is 19.9 Å². The highest BCUT2D eigenvalue weighted by atomic mass is 35.5. The van der Waals surface area contributed by atoms with E-state index in [0.717, 1.165) is 16.0 Å². The molecule has 1 atom stereocenters. The van der Waals surface area contributed by atoms with Crippen molar-refractivity contribution < 1.29 is 14.4 Å². The molecule has 2 aromatic rings. The Labute approximate surface area is 163 Å². The number of amides is 3. The number of benzene rings is 2. The molecule has 3 rings (SSSR count). The van der Waals surface area contributed by atoms with Crippen LogP contribution >= 0.6 is 11.6 Å². The van der Waals surface area contributed by atoms with E-state index in [-0.39, 0.29) is 5.92 Å². The van der Waals surface area contributed by atoms with Crippen LogP contribution in [0.15, 0.2) is 36.4 Å². The molecule has 1 aliphatic rings. The molecule has 6 heteroatoms. The fraction of sp³-hybridized carbons (Fsp3) is 0.286. The number of carbonyl (C=O) groups excluding carboxylic acids is 3. The van der Waals surface area contributed by atoms with Gasteiger partial charge in [-0.2, -0.15) is 0 Å². The number of aryl methyl sites for hydroxylation is 2. The predicted octanol–water partition coefficient (Wildman–Crippen LogP) is 4.22. The minimum Gasteiger partial charge on any atom is -0.323 e. The van der Waals surface area contributed by atoms with E-state index in [0.29, 0.717) is 21.8 Å². The molecule has 0 fully saturated rings. The predicted molar refractivity (Wildman–Crippen MR) is 105 cm³/mol. The Balaban J connectivity index is 1.95. The van der Waals surface area contributed by atoms with Crippen molar-refractivity contribution in [2.75, 3.05) is 5.32 Å². The summed E-state index contributed by atoms with van der Waals surface area (Å²) in [5, 5.41) is 3.24. The van der Waals surface area contributed by atoms with E-state index in [1.165, 1.54) is 0 Å². The van der Waals surface area contributed by atoms with Crippen LogP contribution in [0.4, 0.5) is 5.69 Å². The number of hydrogen-bond acceptors (Lipinski definition) is 3. The van der Waals surface area contributed by atoms with Crippen LogP contribution in [0, 0.1) is 19.8 Å². The van der Waals surface area contributed by atoms with Gasteiger partial charge in [0.2, 0.25) is 5.91 Å². The van der Waals surface area contributed by atoms with Gasteiger partial charge in [-0.05, 0) is 49.1 Å². The van der Waals surface area contributed by atoms with Crippen LogP contribution in [0.5, 0.6) is 0 Å². The summed E-state index contributed by atoms with van der Waals surface area (Å²) in [4.78, 5) is 39.7. The van der Waals surface area contributed by atoms with Gasteiger partial charge in [0.25, 0.3) is 11.8 Å².